The average molecular weight is 300 g/mol. The smallest absolute Gasteiger partial charge is 0.387 e. The summed E-state index contributed by atoms with van der Waals surface area (Å²) >= 11 is 0. The molecule has 0 saturated heterocycles. The van der Waals surface area contributed by atoms with Crippen LogP contribution < -0.4 is 9.47 Å². The number of hydrogen-bond acceptors (Lipinski definition) is 4. The lowest BCUT2D eigenvalue weighted by atomic mass is 9.95. The van der Waals surface area contributed by atoms with Crippen LogP contribution in [0, 0.1) is 5.92 Å². The van der Waals surface area contributed by atoms with Crippen molar-refractivity contribution in [1.82, 2.24) is 0 Å². The first-order valence-corrected chi connectivity index (χ1v) is 6.60. The molecule has 0 heterocycles. The van der Waals surface area contributed by atoms with Crippen molar-refractivity contribution in [2.45, 2.75) is 33.8 Å². The average Bonchev–Trinajstić information content (AvgIpc) is 2.38. The molecule has 0 N–H and O–H groups in total. The van der Waals surface area contributed by atoms with Gasteiger partial charge in [0, 0.05) is 17.9 Å². The zero-order valence-corrected chi connectivity index (χ0v) is 12.2. The fourth-order valence-electron chi connectivity index (χ4n) is 1.93. The number of ketones is 2. The third-order valence-electron chi connectivity index (χ3n) is 2.79. The zero-order valence-electron chi connectivity index (χ0n) is 12.2. The van der Waals surface area contributed by atoms with Crippen molar-refractivity contribution in [3.63, 3.8) is 0 Å². The van der Waals surface area contributed by atoms with Gasteiger partial charge < -0.3 is 14.3 Å². The van der Waals surface area contributed by atoms with Crippen LogP contribution >= 0.6 is 0 Å². The number of alkyl halides is 2. The van der Waals surface area contributed by atoms with Crippen molar-refractivity contribution in [2.75, 3.05) is 6.61 Å². The lowest BCUT2D eigenvalue weighted by Crippen LogP contribution is -2.15. The molecule has 0 bridgehead atoms. The molecule has 0 aliphatic rings. The van der Waals surface area contributed by atoms with Gasteiger partial charge in [-0.15, -0.1) is 0 Å². The molecule has 4 nitrogen and oxygen atoms in total. The molecule has 116 valence electrons. The molecule has 1 aromatic carbocycles. The van der Waals surface area contributed by atoms with Gasteiger partial charge in [-0.2, -0.15) is 8.78 Å². The van der Waals surface area contributed by atoms with Crippen LogP contribution in [-0.4, -0.2) is 24.8 Å². The Morgan fingerprint density at radius 3 is 2.43 bits per heavy atom. The van der Waals surface area contributed by atoms with Crippen molar-refractivity contribution in [3.8, 4) is 11.5 Å². The summed E-state index contributed by atoms with van der Waals surface area (Å²) in [5.41, 5.74) is 0.300. The Labute approximate surface area is 122 Å². The quantitative estimate of drug-likeness (QED) is 0.690. The first kappa shape index (κ1) is 17.1. The van der Waals surface area contributed by atoms with Gasteiger partial charge in [0.05, 0.1) is 6.61 Å². The number of benzene rings is 1. The third kappa shape index (κ3) is 5.13. The van der Waals surface area contributed by atoms with E-state index in [-0.39, 0.29) is 36.1 Å². The lowest BCUT2D eigenvalue weighted by Gasteiger charge is -2.14. The highest BCUT2D eigenvalue weighted by Gasteiger charge is 2.19. The van der Waals surface area contributed by atoms with E-state index in [1.165, 1.54) is 25.1 Å². The number of carbonyl (C=O) groups is 2. The van der Waals surface area contributed by atoms with Crippen molar-refractivity contribution in [1.29, 1.82) is 0 Å². The summed E-state index contributed by atoms with van der Waals surface area (Å²) < 4.78 is 34.1. The van der Waals surface area contributed by atoms with Crippen LogP contribution in [0.1, 0.15) is 37.6 Å². The Morgan fingerprint density at radius 2 is 1.90 bits per heavy atom. The van der Waals surface area contributed by atoms with Crippen molar-refractivity contribution >= 4 is 11.6 Å². The van der Waals surface area contributed by atoms with Crippen LogP contribution in [0.25, 0.3) is 0 Å². The second kappa shape index (κ2) is 7.71. The fourth-order valence-corrected chi connectivity index (χ4v) is 1.93. The monoisotopic (exact) mass is 300 g/mol. The van der Waals surface area contributed by atoms with Crippen LogP contribution in [0.15, 0.2) is 18.2 Å². The molecule has 6 heteroatoms. The van der Waals surface area contributed by atoms with Crippen molar-refractivity contribution < 1.29 is 27.8 Å². The molecule has 1 aromatic rings. The fraction of sp³-hybridized carbons (Fsp3) is 0.467. The summed E-state index contributed by atoms with van der Waals surface area (Å²) in [5.74, 6) is -0.839. The number of halogens is 2. The first-order chi connectivity index (χ1) is 9.85. The van der Waals surface area contributed by atoms with Gasteiger partial charge in [-0.1, -0.05) is 6.92 Å². The van der Waals surface area contributed by atoms with E-state index >= 15 is 0 Å². The second-order valence-electron chi connectivity index (χ2n) is 4.64. The van der Waals surface area contributed by atoms with E-state index in [1.54, 1.807) is 13.8 Å². The summed E-state index contributed by atoms with van der Waals surface area (Å²) in [7, 11) is 0. The topological polar surface area (TPSA) is 52.6 Å². The molecule has 0 fully saturated rings. The number of hydrogen-bond donors (Lipinski definition) is 0. The molecule has 0 amide bonds. The van der Waals surface area contributed by atoms with Crippen molar-refractivity contribution in [3.05, 3.63) is 23.8 Å². The SMILES string of the molecule is CCOc1cc(C(=O)C(C)CC(C)=O)ccc1OC(F)F. The molecule has 0 aromatic heterocycles. The second-order valence-corrected chi connectivity index (χ2v) is 4.64. The molecular weight excluding hydrogens is 282 g/mol. The zero-order chi connectivity index (χ0) is 16.0. The highest BCUT2D eigenvalue weighted by Crippen LogP contribution is 2.31. The van der Waals surface area contributed by atoms with Gasteiger partial charge in [-0.05, 0) is 32.0 Å². The predicted molar refractivity (Wildman–Crippen MR) is 73.0 cm³/mol. The van der Waals surface area contributed by atoms with E-state index in [2.05, 4.69) is 4.74 Å². The standard InChI is InChI=1S/C15H18F2O4/c1-4-20-13-8-11(5-6-12(13)21-15(16)17)14(19)9(2)7-10(3)18/h5-6,8-9,15H,4,7H2,1-3H3. The lowest BCUT2D eigenvalue weighted by molar-refractivity contribution is -0.117. The van der Waals surface area contributed by atoms with Gasteiger partial charge in [-0.25, -0.2) is 0 Å². The first-order valence-electron chi connectivity index (χ1n) is 6.60. The van der Waals surface area contributed by atoms with Gasteiger partial charge in [-0.3, -0.25) is 4.79 Å². The Balaban J connectivity index is 3.01. The van der Waals surface area contributed by atoms with Crippen LogP contribution in [0.4, 0.5) is 8.78 Å². The van der Waals surface area contributed by atoms with E-state index in [0.29, 0.717) is 5.56 Å². The number of ether oxygens (including phenoxy) is 2. The molecule has 0 aliphatic heterocycles. The summed E-state index contributed by atoms with van der Waals surface area (Å²) in [6.07, 6.45) is 0.137. The Hall–Kier alpha value is -1.98. The molecule has 1 atom stereocenters. The minimum atomic E-state index is -2.97. The van der Waals surface area contributed by atoms with Crippen molar-refractivity contribution in [2.24, 2.45) is 5.92 Å². The summed E-state index contributed by atoms with van der Waals surface area (Å²) in [5, 5.41) is 0. The van der Waals surface area contributed by atoms with E-state index in [1.807, 2.05) is 0 Å². The third-order valence-corrected chi connectivity index (χ3v) is 2.79. The molecular formula is C15H18F2O4. The minimum absolute atomic E-state index is 0.0821. The Kier molecular flexibility index (Phi) is 6.27. The van der Waals surface area contributed by atoms with Crippen LogP contribution in [0.2, 0.25) is 0 Å². The molecule has 0 saturated carbocycles. The number of Topliss-reactive ketones (excluding diaryl/α,β-unsaturated/α-hetero) is 2. The summed E-state index contributed by atoms with van der Waals surface area (Å²) in [4.78, 5) is 23.2. The van der Waals surface area contributed by atoms with Gasteiger partial charge in [0.2, 0.25) is 0 Å². The van der Waals surface area contributed by atoms with Crippen LogP contribution in [-0.2, 0) is 4.79 Å². The minimum Gasteiger partial charge on any atom is -0.490 e. The maximum absolute atomic E-state index is 12.3. The Morgan fingerprint density at radius 1 is 1.24 bits per heavy atom. The van der Waals surface area contributed by atoms with E-state index in [4.69, 9.17) is 4.74 Å². The normalized spacial score (nSPS) is 12.1. The summed E-state index contributed by atoms with van der Waals surface area (Å²) in [6, 6.07) is 4.02. The van der Waals surface area contributed by atoms with E-state index in [0.717, 1.165) is 0 Å². The van der Waals surface area contributed by atoms with Crippen LogP contribution in [0.3, 0.4) is 0 Å². The number of carbonyl (C=O) groups excluding carboxylic acids is 2. The molecule has 0 spiro atoms. The highest BCUT2D eigenvalue weighted by atomic mass is 19.3. The Bertz CT molecular complexity index is 514. The van der Waals surface area contributed by atoms with E-state index < -0.39 is 12.5 Å². The van der Waals surface area contributed by atoms with Gasteiger partial charge in [0.15, 0.2) is 17.3 Å². The largest absolute Gasteiger partial charge is 0.490 e. The van der Waals surface area contributed by atoms with Crippen LogP contribution in [0.5, 0.6) is 11.5 Å². The number of rotatable bonds is 8. The van der Waals surface area contributed by atoms with Gasteiger partial charge >= 0.3 is 6.61 Å². The van der Waals surface area contributed by atoms with Gasteiger partial charge in [0.25, 0.3) is 0 Å². The molecule has 21 heavy (non-hydrogen) atoms. The molecule has 0 aliphatic carbocycles. The maximum atomic E-state index is 12.3. The van der Waals surface area contributed by atoms with Gasteiger partial charge in [0.1, 0.15) is 5.78 Å². The molecule has 1 unspecified atom stereocenters. The van der Waals surface area contributed by atoms with E-state index in [9.17, 15) is 18.4 Å². The predicted octanol–water partition coefficient (Wildman–Crippen LogP) is 3.48. The molecule has 1 rings (SSSR count). The summed E-state index contributed by atoms with van der Waals surface area (Å²) in [6.45, 7) is 2.03. The maximum Gasteiger partial charge on any atom is 0.387 e. The molecule has 0 radical (unpaired) electrons. The highest BCUT2D eigenvalue weighted by molar-refractivity contribution is 6.00.